The molecule has 0 amide bonds. The fourth-order valence-electron chi connectivity index (χ4n) is 3.35. The van der Waals surface area contributed by atoms with Crippen LogP contribution in [0, 0.1) is 5.92 Å². The average Bonchev–Trinajstić information content (AvgIpc) is 2.67. The molecule has 3 rings (SSSR count). The van der Waals surface area contributed by atoms with Crippen LogP contribution in [0.15, 0.2) is 48.5 Å². The van der Waals surface area contributed by atoms with Gasteiger partial charge in [-0.05, 0) is 48.4 Å². The molecule has 0 spiro atoms. The Labute approximate surface area is 145 Å². The van der Waals surface area contributed by atoms with Gasteiger partial charge in [-0.3, -0.25) is 0 Å². The SMILES string of the molecule is CCc1ccc(CNc2ccccc2N2CCC(CO)CC2)cc1. The van der Waals surface area contributed by atoms with Gasteiger partial charge < -0.3 is 15.3 Å². The van der Waals surface area contributed by atoms with E-state index in [1.807, 2.05) is 0 Å². The molecule has 128 valence electrons. The summed E-state index contributed by atoms with van der Waals surface area (Å²) in [6.07, 6.45) is 3.23. The predicted molar refractivity (Wildman–Crippen MR) is 102 cm³/mol. The minimum atomic E-state index is 0.321. The van der Waals surface area contributed by atoms with E-state index in [0.717, 1.165) is 38.9 Å². The molecular weight excluding hydrogens is 296 g/mol. The van der Waals surface area contributed by atoms with Gasteiger partial charge in [0.2, 0.25) is 0 Å². The number of nitrogens with zero attached hydrogens (tertiary/aromatic N) is 1. The number of aryl methyl sites for hydroxylation is 1. The number of para-hydroxylation sites is 2. The largest absolute Gasteiger partial charge is 0.396 e. The summed E-state index contributed by atoms with van der Waals surface area (Å²) in [7, 11) is 0. The van der Waals surface area contributed by atoms with E-state index in [1.165, 1.54) is 22.5 Å². The van der Waals surface area contributed by atoms with Crippen LogP contribution in [0.25, 0.3) is 0 Å². The Bertz CT molecular complexity index is 631. The molecule has 2 aromatic carbocycles. The lowest BCUT2D eigenvalue weighted by atomic mass is 9.97. The summed E-state index contributed by atoms with van der Waals surface area (Å²) >= 11 is 0. The number of piperidine rings is 1. The normalized spacial score (nSPS) is 15.5. The van der Waals surface area contributed by atoms with Crippen LogP contribution in [-0.2, 0) is 13.0 Å². The minimum Gasteiger partial charge on any atom is -0.396 e. The van der Waals surface area contributed by atoms with Crippen molar-refractivity contribution in [3.05, 3.63) is 59.7 Å². The fourth-order valence-corrected chi connectivity index (χ4v) is 3.35. The second-order valence-electron chi connectivity index (χ2n) is 6.65. The zero-order valence-electron chi connectivity index (χ0n) is 14.5. The lowest BCUT2D eigenvalue weighted by molar-refractivity contribution is 0.203. The van der Waals surface area contributed by atoms with Crippen molar-refractivity contribution >= 4 is 11.4 Å². The summed E-state index contributed by atoms with van der Waals surface area (Å²) in [4.78, 5) is 2.44. The zero-order chi connectivity index (χ0) is 16.8. The van der Waals surface area contributed by atoms with Crippen LogP contribution >= 0.6 is 0 Å². The molecule has 0 atom stereocenters. The van der Waals surface area contributed by atoms with Crippen LogP contribution in [0.2, 0.25) is 0 Å². The summed E-state index contributed by atoms with van der Waals surface area (Å²) < 4.78 is 0. The Morgan fingerprint density at radius 1 is 1.00 bits per heavy atom. The summed E-state index contributed by atoms with van der Waals surface area (Å²) in [6, 6.07) is 17.4. The van der Waals surface area contributed by atoms with E-state index in [2.05, 4.69) is 65.7 Å². The van der Waals surface area contributed by atoms with Gasteiger partial charge in [-0.2, -0.15) is 0 Å². The molecule has 1 fully saturated rings. The van der Waals surface area contributed by atoms with E-state index in [4.69, 9.17) is 0 Å². The summed E-state index contributed by atoms with van der Waals surface area (Å²) in [6.45, 7) is 5.39. The lowest BCUT2D eigenvalue weighted by Crippen LogP contribution is -2.35. The number of benzene rings is 2. The summed E-state index contributed by atoms with van der Waals surface area (Å²) in [5, 5.41) is 12.9. The van der Waals surface area contributed by atoms with E-state index in [9.17, 15) is 5.11 Å². The highest BCUT2D eigenvalue weighted by Gasteiger charge is 2.20. The summed E-state index contributed by atoms with van der Waals surface area (Å²) in [5.74, 6) is 0.471. The number of anilines is 2. The highest BCUT2D eigenvalue weighted by Crippen LogP contribution is 2.30. The molecule has 2 aromatic rings. The molecular formula is C21H28N2O. The third kappa shape index (κ3) is 4.09. The predicted octanol–water partition coefficient (Wildman–Crippen LogP) is 4.07. The van der Waals surface area contributed by atoms with Gasteiger partial charge in [0.05, 0.1) is 11.4 Å². The van der Waals surface area contributed by atoms with Gasteiger partial charge in [0, 0.05) is 26.2 Å². The molecule has 1 saturated heterocycles. The van der Waals surface area contributed by atoms with Gasteiger partial charge in [0.25, 0.3) is 0 Å². The van der Waals surface area contributed by atoms with Gasteiger partial charge in [-0.25, -0.2) is 0 Å². The Hall–Kier alpha value is -2.00. The molecule has 2 N–H and O–H groups in total. The Morgan fingerprint density at radius 2 is 1.67 bits per heavy atom. The molecule has 0 radical (unpaired) electrons. The molecule has 0 unspecified atom stereocenters. The number of aliphatic hydroxyl groups is 1. The maximum absolute atomic E-state index is 9.32. The number of rotatable bonds is 6. The Kier molecular flexibility index (Phi) is 5.76. The first-order valence-corrected chi connectivity index (χ1v) is 9.06. The van der Waals surface area contributed by atoms with E-state index in [-0.39, 0.29) is 0 Å². The van der Waals surface area contributed by atoms with E-state index in [0.29, 0.717) is 12.5 Å². The third-order valence-corrected chi connectivity index (χ3v) is 5.03. The maximum Gasteiger partial charge on any atom is 0.0602 e. The second-order valence-corrected chi connectivity index (χ2v) is 6.65. The molecule has 24 heavy (non-hydrogen) atoms. The van der Waals surface area contributed by atoms with Gasteiger partial charge >= 0.3 is 0 Å². The van der Waals surface area contributed by atoms with Crippen LogP contribution < -0.4 is 10.2 Å². The Morgan fingerprint density at radius 3 is 2.33 bits per heavy atom. The molecule has 3 heteroatoms. The average molecular weight is 324 g/mol. The topological polar surface area (TPSA) is 35.5 Å². The maximum atomic E-state index is 9.32. The highest BCUT2D eigenvalue weighted by molar-refractivity contribution is 5.70. The van der Waals surface area contributed by atoms with Crippen molar-refractivity contribution in [2.45, 2.75) is 32.7 Å². The van der Waals surface area contributed by atoms with E-state index >= 15 is 0 Å². The van der Waals surface area contributed by atoms with E-state index in [1.54, 1.807) is 0 Å². The molecule has 3 nitrogen and oxygen atoms in total. The Balaban J connectivity index is 1.65. The standard InChI is InChI=1S/C21H28N2O/c1-2-17-7-9-18(10-8-17)15-22-20-5-3-4-6-21(20)23-13-11-19(16-24)12-14-23/h3-10,19,22,24H,2,11-16H2,1H3. The lowest BCUT2D eigenvalue weighted by Gasteiger charge is -2.34. The first kappa shape index (κ1) is 16.8. The van der Waals surface area contributed by atoms with Crippen LogP contribution in [0.1, 0.15) is 30.9 Å². The molecule has 1 heterocycles. The van der Waals surface area contributed by atoms with Crippen LogP contribution in [0.4, 0.5) is 11.4 Å². The van der Waals surface area contributed by atoms with Crippen molar-refractivity contribution in [2.75, 3.05) is 29.9 Å². The van der Waals surface area contributed by atoms with E-state index < -0.39 is 0 Å². The van der Waals surface area contributed by atoms with Gasteiger partial charge in [0.15, 0.2) is 0 Å². The molecule has 0 saturated carbocycles. The van der Waals surface area contributed by atoms with Crippen molar-refractivity contribution in [1.82, 2.24) is 0 Å². The van der Waals surface area contributed by atoms with Crippen molar-refractivity contribution in [3.8, 4) is 0 Å². The number of hydrogen-bond acceptors (Lipinski definition) is 3. The first-order chi connectivity index (χ1) is 11.8. The molecule has 0 bridgehead atoms. The number of hydrogen-bond donors (Lipinski definition) is 2. The van der Waals surface area contributed by atoms with Crippen molar-refractivity contribution < 1.29 is 5.11 Å². The minimum absolute atomic E-state index is 0.321. The third-order valence-electron chi connectivity index (χ3n) is 5.03. The zero-order valence-corrected chi connectivity index (χ0v) is 14.5. The number of aliphatic hydroxyl groups excluding tert-OH is 1. The molecule has 0 aliphatic carbocycles. The summed E-state index contributed by atoms with van der Waals surface area (Å²) in [5.41, 5.74) is 5.16. The number of nitrogens with one attached hydrogen (secondary N) is 1. The van der Waals surface area contributed by atoms with Crippen molar-refractivity contribution in [2.24, 2.45) is 5.92 Å². The second kappa shape index (κ2) is 8.20. The van der Waals surface area contributed by atoms with Crippen molar-refractivity contribution in [1.29, 1.82) is 0 Å². The quantitative estimate of drug-likeness (QED) is 0.841. The molecule has 1 aliphatic rings. The monoisotopic (exact) mass is 324 g/mol. The van der Waals surface area contributed by atoms with Gasteiger partial charge in [0.1, 0.15) is 0 Å². The van der Waals surface area contributed by atoms with Crippen molar-refractivity contribution in [3.63, 3.8) is 0 Å². The smallest absolute Gasteiger partial charge is 0.0602 e. The van der Waals surface area contributed by atoms with Crippen LogP contribution in [0.3, 0.4) is 0 Å². The fraction of sp³-hybridized carbons (Fsp3) is 0.429. The molecule has 1 aliphatic heterocycles. The van der Waals surface area contributed by atoms with Crippen LogP contribution in [0.5, 0.6) is 0 Å². The van der Waals surface area contributed by atoms with Gasteiger partial charge in [-0.1, -0.05) is 43.3 Å². The highest BCUT2D eigenvalue weighted by atomic mass is 16.3. The van der Waals surface area contributed by atoms with Crippen LogP contribution in [-0.4, -0.2) is 24.8 Å². The molecule has 0 aromatic heterocycles. The first-order valence-electron chi connectivity index (χ1n) is 9.06. The van der Waals surface area contributed by atoms with Gasteiger partial charge in [-0.15, -0.1) is 0 Å².